The molecule has 0 radical (unpaired) electrons. The first-order valence-corrected chi connectivity index (χ1v) is 11.6. The molecule has 1 saturated heterocycles. The fourth-order valence-electron chi connectivity index (χ4n) is 3.91. The Morgan fingerprint density at radius 1 is 1.09 bits per heavy atom. The van der Waals surface area contributed by atoms with E-state index in [1.54, 1.807) is 23.1 Å². The highest BCUT2D eigenvalue weighted by molar-refractivity contribution is 5.98. The second-order valence-electron chi connectivity index (χ2n) is 10.2. The minimum atomic E-state index is -0.686. The summed E-state index contributed by atoms with van der Waals surface area (Å²) >= 11 is 0. The maximum atomic E-state index is 13.0. The molecular weight excluding hydrogens is 424 g/mol. The molecule has 4 amide bonds. The van der Waals surface area contributed by atoms with Crippen molar-refractivity contribution in [3.63, 3.8) is 0 Å². The number of piperidine rings is 1. The number of benzene rings is 1. The Hall–Kier alpha value is -2.97. The van der Waals surface area contributed by atoms with Crippen LogP contribution in [0.5, 0.6) is 11.5 Å². The van der Waals surface area contributed by atoms with E-state index in [1.807, 2.05) is 34.6 Å². The van der Waals surface area contributed by atoms with Gasteiger partial charge in [-0.05, 0) is 63.6 Å². The van der Waals surface area contributed by atoms with Crippen molar-refractivity contribution in [1.82, 2.24) is 20.9 Å². The standard InChI is InChI=1S/C24H36N4O5/c1-15(2)13-25-22(30)20(16-8-10-28(11-9-16)23(31)27-24(3,4)5)26-21(29)17-6-7-18-19(12-17)33-14-32-18/h6-7,12,15-16,20H,8-11,13-14H2,1-5H3,(H,25,30)(H,26,29)(H,27,31)/t20-/m1/s1. The monoisotopic (exact) mass is 460 g/mol. The number of carbonyl (C=O) groups is 3. The summed E-state index contributed by atoms with van der Waals surface area (Å²) < 4.78 is 10.7. The van der Waals surface area contributed by atoms with Gasteiger partial charge in [0.2, 0.25) is 12.7 Å². The Kier molecular flexibility index (Phi) is 7.71. The second-order valence-corrected chi connectivity index (χ2v) is 10.2. The molecule has 1 aromatic carbocycles. The van der Waals surface area contributed by atoms with Crippen molar-refractivity contribution in [2.24, 2.45) is 11.8 Å². The van der Waals surface area contributed by atoms with Gasteiger partial charge >= 0.3 is 6.03 Å². The van der Waals surface area contributed by atoms with Gasteiger partial charge in [0, 0.05) is 30.7 Å². The number of ether oxygens (including phenoxy) is 2. The quantitative estimate of drug-likeness (QED) is 0.604. The van der Waals surface area contributed by atoms with Crippen molar-refractivity contribution in [3.8, 4) is 11.5 Å². The van der Waals surface area contributed by atoms with E-state index in [4.69, 9.17) is 9.47 Å². The van der Waals surface area contributed by atoms with E-state index in [0.717, 1.165) is 0 Å². The van der Waals surface area contributed by atoms with Crippen LogP contribution in [0.25, 0.3) is 0 Å². The number of carbonyl (C=O) groups excluding carboxylic acids is 3. The van der Waals surface area contributed by atoms with Crippen LogP contribution in [0.1, 0.15) is 57.8 Å². The Bertz CT molecular complexity index is 872. The molecule has 9 heteroatoms. The molecule has 1 aromatic rings. The summed E-state index contributed by atoms with van der Waals surface area (Å²) in [4.78, 5) is 40.3. The third-order valence-electron chi connectivity index (χ3n) is 5.67. The minimum absolute atomic E-state index is 0.0752. The van der Waals surface area contributed by atoms with Crippen LogP contribution in [0.15, 0.2) is 18.2 Å². The van der Waals surface area contributed by atoms with E-state index in [-0.39, 0.29) is 36.1 Å². The predicted octanol–water partition coefficient (Wildman–Crippen LogP) is 2.51. The number of hydrogen-bond donors (Lipinski definition) is 3. The van der Waals surface area contributed by atoms with Crippen LogP contribution in [-0.4, -0.2) is 60.8 Å². The molecule has 3 N–H and O–H groups in total. The number of hydrogen-bond acceptors (Lipinski definition) is 5. The maximum absolute atomic E-state index is 13.0. The van der Waals surface area contributed by atoms with Crippen LogP contribution < -0.4 is 25.4 Å². The lowest BCUT2D eigenvalue weighted by Crippen LogP contribution is -2.56. The molecular formula is C24H36N4O5. The zero-order valence-electron chi connectivity index (χ0n) is 20.2. The smallest absolute Gasteiger partial charge is 0.317 e. The van der Waals surface area contributed by atoms with Gasteiger partial charge < -0.3 is 30.3 Å². The Morgan fingerprint density at radius 3 is 2.39 bits per heavy atom. The van der Waals surface area contributed by atoms with Crippen LogP contribution in [0.4, 0.5) is 4.79 Å². The van der Waals surface area contributed by atoms with Crippen molar-refractivity contribution in [2.45, 2.75) is 59.0 Å². The molecule has 2 aliphatic heterocycles. The SMILES string of the molecule is CC(C)CNC(=O)[C@H](NC(=O)c1ccc2c(c1)OCO2)C1CCN(C(=O)NC(C)(C)C)CC1. The molecule has 1 fully saturated rings. The van der Waals surface area contributed by atoms with Gasteiger partial charge in [-0.3, -0.25) is 9.59 Å². The van der Waals surface area contributed by atoms with Gasteiger partial charge in [-0.2, -0.15) is 0 Å². The Balaban J connectivity index is 1.67. The first-order chi connectivity index (χ1) is 15.5. The van der Waals surface area contributed by atoms with Gasteiger partial charge in [0.1, 0.15) is 6.04 Å². The summed E-state index contributed by atoms with van der Waals surface area (Å²) in [6.45, 7) is 11.6. The first-order valence-electron chi connectivity index (χ1n) is 11.6. The molecule has 0 aliphatic carbocycles. The number of nitrogens with one attached hydrogen (secondary N) is 3. The van der Waals surface area contributed by atoms with E-state index >= 15 is 0 Å². The van der Waals surface area contributed by atoms with Crippen LogP contribution in [-0.2, 0) is 4.79 Å². The van der Waals surface area contributed by atoms with Crippen molar-refractivity contribution in [1.29, 1.82) is 0 Å². The molecule has 182 valence electrons. The first kappa shape index (κ1) is 24.7. The normalized spacial score (nSPS) is 17.0. The molecule has 33 heavy (non-hydrogen) atoms. The topological polar surface area (TPSA) is 109 Å². The summed E-state index contributed by atoms with van der Waals surface area (Å²) in [5, 5.41) is 8.86. The summed E-state index contributed by atoms with van der Waals surface area (Å²) in [6.07, 6.45) is 1.25. The van der Waals surface area contributed by atoms with Gasteiger partial charge in [-0.25, -0.2) is 4.79 Å². The van der Waals surface area contributed by atoms with Crippen molar-refractivity contribution < 1.29 is 23.9 Å². The molecule has 0 aromatic heterocycles. The Labute approximate surface area is 195 Å². The van der Waals surface area contributed by atoms with Crippen LogP contribution in [0.3, 0.4) is 0 Å². The van der Waals surface area contributed by atoms with Crippen LogP contribution in [0, 0.1) is 11.8 Å². The second kappa shape index (κ2) is 10.3. The van der Waals surface area contributed by atoms with Gasteiger partial charge in [0.05, 0.1) is 0 Å². The average molecular weight is 461 g/mol. The zero-order chi connectivity index (χ0) is 24.2. The molecule has 0 unspecified atom stereocenters. The fourth-order valence-corrected chi connectivity index (χ4v) is 3.91. The van der Waals surface area contributed by atoms with Crippen molar-refractivity contribution >= 4 is 17.8 Å². The number of fused-ring (bicyclic) bond motifs is 1. The van der Waals surface area contributed by atoms with Crippen molar-refractivity contribution in [3.05, 3.63) is 23.8 Å². The van der Waals surface area contributed by atoms with E-state index < -0.39 is 6.04 Å². The number of urea groups is 1. The van der Waals surface area contributed by atoms with Gasteiger partial charge in [0.15, 0.2) is 11.5 Å². The highest BCUT2D eigenvalue weighted by Crippen LogP contribution is 2.32. The fraction of sp³-hybridized carbons (Fsp3) is 0.625. The van der Waals surface area contributed by atoms with Crippen molar-refractivity contribution in [2.75, 3.05) is 26.4 Å². The van der Waals surface area contributed by atoms with Crippen LogP contribution in [0.2, 0.25) is 0 Å². The molecule has 0 spiro atoms. The zero-order valence-corrected chi connectivity index (χ0v) is 20.2. The molecule has 2 heterocycles. The average Bonchev–Trinajstić information content (AvgIpc) is 3.22. The van der Waals surface area contributed by atoms with Gasteiger partial charge in [-0.15, -0.1) is 0 Å². The predicted molar refractivity (Wildman–Crippen MR) is 124 cm³/mol. The van der Waals surface area contributed by atoms with Crippen LogP contribution >= 0.6 is 0 Å². The summed E-state index contributed by atoms with van der Waals surface area (Å²) in [6, 6.07) is 4.18. The van der Waals surface area contributed by atoms with E-state index in [1.165, 1.54) is 0 Å². The van der Waals surface area contributed by atoms with E-state index in [9.17, 15) is 14.4 Å². The van der Waals surface area contributed by atoms with Gasteiger partial charge in [0.25, 0.3) is 5.91 Å². The molecule has 9 nitrogen and oxygen atoms in total. The number of likely N-dealkylation sites (tertiary alicyclic amines) is 1. The summed E-state index contributed by atoms with van der Waals surface area (Å²) in [7, 11) is 0. The third kappa shape index (κ3) is 6.76. The highest BCUT2D eigenvalue weighted by atomic mass is 16.7. The third-order valence-corrected chi connectivity index (χ3v) is 5.67. The summed E-state index contributed by atoms with van der Waals surface area (Å²) in [5.74, 6) is 0.789. The molecule has 0 bridgehead atoms. The lowest BCUT2D eigenvalue weighted by Gasteiger charge is -2.37. The number of nitrogens with zero attached hydrogens (tertiary/aromatic N) is 1. The lowest BCUT2D eigenvalue weighted by atomic mass is 9.88. The molecule has 2 aliphatic rings. The highest BCUT2D eigenvalue weighted by Gasteiger charge is 2.34. The molecule has 0 saturated carbocycles. The van der Waals surface area contributed by atoms with E-state index in [0.29, 0.717) is 55.5 Å². The lowest BCUT2D eigenvalue weighted by molar-refractivity contribution is -0.124. The van der Waals surface area contributed by atoms with E-state index in [2.05, 4.69) is 16.0 Å². The Morgan fingerprint density at radius 2 is 1.76 bits per heavy atom. The number of rotatable bonds is 6. The summed E-state index contributed by atoms with van der Waals surface area (Å²) in [5.41, 5.74) is 0.0918. The minimum Gasteiger partial charge on any atom is -0.454 e. The largest absolute Gasteiger partial charge is 0.454 e. The maximum Gasteiger partial charge on any atom is 0.317 e. The molecule has 1 atom stereocenters. The number of amides is 4. The van der Waals surface area contributed by atoms with Gasteiger partial charge in [-0.1, -0.05) is 13.8 Å². The molecule has 3 rings (SSSR count).